The minimum absolute atomic E-state index is 0.218. The Hall–Kier alpha value is -2.56. The fraction of sp³-hybridized carbons (Fsp3) is 0.0714. The van der Waals surface area contributed by atoms with Gasteiger partial charge in [-0.25, -0.2) is 4.39 Å². The minimum Gasteiger partial charge on any atom is -0.486 e. The number of rotatable bonds is 5. The second-order valence-corrected chi connectivity index (χ2v) is 3.78. The van der Waals surface area contributed by atoms with Gasteiger partial charge in [-0.15, -0.1) is 0 Å². The predicted molar refractivity (Wildman–Crippen MR) is 67.7 cm³/mol. The zero-order chi connectivity index (χ0) is 13.7. The molecular weight excluding hydrogens is 249 g/mol. The molecule has 0 aliphatic carbocycles. The summed E-state index contributed by atoms with van der Waals surface area (Å²) in [5, 5.41) is 0. The second-order valence-electron chi connectivity index (χ2n) is 3.78. The highest BCUT2D eigenvalue weighted by Crippen LogP contribution is 2.15. The molecule has 2 N–H and O–H groups in total. The van der Waals surface area contributed by atoms with Crippen molar-refractivity contribution < 1.29 is 18.3 Å². The summed E-state index contributed by atoms with van der Waals surface area (Å²) < 4.78 is 23.5. The first-order valence-corrected chi connectivity index (χ1v) is 5.58. The zero-order valence-electron chi connectivity index (χ0n) is 10.0. The first kappa shape index (κ1) is 12.9. The fourth-order valence-electron chi connectivity index (χ4n) is 1.41. The Morgan fingerprint density at radius 2 is 2.00 bits per heavy atom. The van der Waals surface area contributed by atoms with E-state index in [1.165, 1.54) is 36.4 Å². The summed E-state index contributed by atoms with van der Waals surface area (Å²) in [5.41, 5.74) is 4.97. The number of benzene rings is 1. The van der Waals surface area contributed by atoms with E-state index in [4.69, 9.17) is 14.9 Å². The molecule has 0 saturated carbocycles. The third-order valence-electron chi connectivity index (χ3n) is 2.29. The monoisotopic (exact) mass is 261 g/mol. The average molecular weight is 261 g/mol. The summed E-state index contributed by atoms with van der Waals surface area (Å²) in [7, 11) is 0. The molecular formula is C14H12FNO3. The smallest absolute Gasteiger partial charge is 0.241 e. The van der Waals surface area contributed by atoms with Crippen LogP contribution in [0.5, 0.6) is 5.75 Å². The summed E-state index contributed by atoms with van der Waals surface area (Å²) >= 11 is 0. The third kappa shape index (κ3) is 3.99. The Morgan fingerprint density at radius 3 is 2.68 bits per heavy atom. The van der Waals surface area contributed by atoms with Gasteiger partial charge in [-0.1, -0.05) is 0 Å². The average Bonchev–Trinajstić information content (AvgIpc) is 2.84. The van der Waals surface area contributed by atoms with E-state index in [1.54, 1.807) is 12.1 Å². The van der Waals surface area contributed by atoms with Crippen molar-refractivity contribution in [1.29, 1.82) is 0 Å². The molecule has 1 aromatic heterocycles. The zero-order valence-corrected chi connectivity index (χ0v) is 10.0. The first-order valence-electron chi connectivity index (χ1n) is 5.58. The number of furan rings is 1. The molecule has 0 atom stereocenters. The molecule has 0 aliphatic heterocycles. The highest BCUT2D eigenvalue weighted by Gasteiger charge is 2.01. The van der Waals surface area contributed by atoms with Crippen molar-refractivity contribution in [3.63, 3.8) is 0 Å². The summed E-state index contributed by atoms with van der Waals surface area (Å²) in [5.74, 6) is 0.793. The number of hydrogen-bond acceptors (Lipinski definition) is 3. The van der Waals surface area contributed by atoms with Crippen molar-refractivity contribution in [2.75, 3.05) is 0 Å². The molecule has 0 unspecified atom stereocenters. The van der Waals surface area contributed by atoms with Crippen molar-refractivity contribution in [1.82, 2.24) is 0 Å². The largest absolute Gasteiger partial charge is 0.486 e. The number of carbonyl (C=O) groups is 1. The van der Waals surface area contributed by atoms with Gasteiger partial charge < -0.3 is 14.9 Å². The number of ether oxygens (including phenoxy) is 1. The van der Waals surface area contributed by atoms with Crippen LogP contribution in [0.15, 0.2) is 46.9 Å². The van der Waals surface area contributed by atoms with E-state index >= 15 is 0 Å². The third-order valence-corrected chi connectivity index (χ3v) is 2.29. The molecule has 0 bridgehead atoms. The number of carbonyl (C=O) groups excluding carboxylic acids is 1. The van der Waals surface area contributed by atoms with E-state index in [0.717, 1.165) is 0 Å². The lowest BCUT2D eigenvalue weighted by molar-refractivity contribution is -0.113. The van der Waals surface area contributed by atoms with Crippen molar-refractivity contribution >= 4 is 12.0 Å². The van der Waals surface area contributed by atoms with E-state index in [1.807, 2.05) is 0 Å². The maximum Gasteiger partial charge on any atom is 0.241 e. The molecule has 98 valence electrons. The standard InChI is InChI=1S/C14H12FNO3/c15-10-1-3-11(4-2-10)18-9-13-6-5-12(19-13)7-8-14(16)17/h1-8H,9H2,(H2,16,17)/b8-7+. The molecule has 0 aliphatic rings. The van der Waals surface area contributed by atoms with Gasteiger partial charge in [-0.2, -0.15) is 0 Å². The molecule has 5 heteroatoms. The molecule has 0 radical (unpaired) electrons. The quantitative estimate of drug-likeness (QED) is 0.841. The first-order chi connectivity index (χ1) is 9.13. The van der Waals surface area contributed by atoms with Crippen LogP contribution in [0.3, 0.4) is 0 Å². The highest BCUT2D eigenvalue weighted by atomic mass is 19.1. The highest BCUT2D eigenvalue weighted by molar-refractivity contribution is 5.89. The Labute approximate surface area is 109 Å². The van der Waals surface area contributed by atoms with Crippen molar-refractivity contribution in [2.45, 2.75) is 6.61 Å². The van der Waals surface area contributed by atoms with Gasteiger partial charge in [0.1, 0.15) is 29.7 Å². The van der Waals surface area contributed by atoms with Crippen LogP contribution < -0.4 is 10.5 Å². The lowest BCUT2D eigenvalue weighted by Crippen LogP contribution is -2.04. The maximum absolute atomic E-state index is 12.7. The molecule has 1 heterocycles. The molecule has 4 nitrogen and oxygen atoms in total. The Morgan fingerprint density at radius 1 is 1.26 bits per heavy atom. The second kappa shape index (κ2) is 5.86. The van der Waals surface area contributed by atoms with Gasteiger partial charge in [-0.3, -0.25) is 4.79 Å². The van der Waals surface area contributed by atoms with Crippen LogP contribution >= 0.6 is 0 Å². The lowest BCUT2D eigenvalue weighted by Gasteiger charge is -2.03. The maximum atomic E-state index is 12.7. The molecule has 0 saturated heterocycles. The summed E-state index contributed by atoms with van der Waals surface area (Å²) in [4.78, 5) is 10.6. The molecule has 0 spiro atoms. The van der Waals surface area contributed by atoms with E-state index < -0.39 is 5.91 Å². The van der Waals surface area contributed by atoms with Crippen molar-refractivity contribution in [2.24, 2.45) is 5.73 Å². The van der Waals surface area contributed by atoms with Gasteiger partial charge in [0.2, 0.25) is 5.91 Å². The van der Waals surface area contributed by atoms with Gasteiger partial charge in [0.15, 0.2) is 0 Å². The van der Waals surface area contributed by atoms with E-state index in [0.29, 0.717) is 17.3 Å². The molecule has 2 rings (SSSR count). The molecule has 2 aromatic rings. The van der Waals surface area contributed by atoms with Crippen molar-refractivity contribution in [3.8, 4) is 5.75 Å². The normalized spacial score (nSPS) is 10.8. The SMILES string of the molecule is NC(=O)/C=C/c1ccc(COc2ccc(F)cc2)o1. The summed E-state index contributed by atoms with van der Waals surface area (Å²) in [6.45, 7) is 0.218. The number of halogens is 1. The number of primary amides is 1. The van der Waals surface area contributed by atoms with Crippen LogP contribution in [0.4, 0.5) is 4.39 Å². The Balaban J connectivity index is 1.93. The van der Waals surface area contributed by atoms with Gasteiger partial charge in [0.25, 0.3) is 0 Å². The minimum atomic E-state index is -0.541. The molecule has 0 fully saturated rings. The van der Waals surface area contributed by atoms with Crippen LogP contribution in [-0.2, 0) is 11.4 Å². The Kier molecular flexibility index (Phi) is 3.97. The van der Waals surface area contributed by atoms with E-state index in [9.17, 15) is 9.18 Å². The van der Waals surface area contributed by atoms with Gasteiger partial charge >= 0.3 is 0 Å². The van der Waals surface area contributed by atoms with E-state index in [-0.39, 0.29) is 12.4 Å². The predicted octanol–water partition coefficient (Wildman–Crippen LogP) is 2.50. The van der Waals surface area contributed by atoms with Crippen molar-refractivity contribution in [3.05, 3.63) is 59.8 Å². The number of hydrogen-bond donors (Lipinski definition) is 1. The van der Waals surface area contributed by atoms with Crippen LogP contribution in [-0.4, -0.2) is 5.91 Å². The lowest BCUT2D eigenvalue weighted by atomic mass is 10.3. The van der Waals surface area contributed by atoms with Gasteiger partial charge in [-0.05, 0) is 42.5 Å². The topological polar surface area (TPSA) is 65.5 Å². The fourth-order valence-corrected chi connectivity index (χ4v) is 1.41. The van der Waals surface area contributed by atoms with Gasteiger partial charge in [0.05, 0.1) is 0 Å². The molecule has 1 amide bonds. The van der Waals surface area contributed by atoms with Gasteiger partial charge in [0, 0.05) is 6.08 Å². The molecule has 19 heavy (non-hydrogen) atoms. The van der Waals surface area contributed by atoms with E-state index in [2.05, 4.69) is 0 Å². The van der Waals surface area contributed by atoms with Crippen LogP contribution in [0, 0.1) is 5.82 Å². The Bertz CT molecular complexity index is 587. The van der Waals surface area contributed by atoms with Crippen LogP contribution in [0.25, 0.3) is 6.08 Å². The summed E-state index contributed by atoms with van der Waals surface area (Å²) in [6, 6.07) is 9.13. The number of nitrogens with two attached hydrogens (primary N) is 1. The summed E-state index contributed by atoms with van der Waals surface area (Å²) in [6.07, 6.45) is 2.69. The van der Waals surface area contributed by atoms with Crippen LogP contribution in [0.1, 0.15) is 11.5 Å². The van der Waals surface area contributed by atoms with Crippen LogP contribution in [0.2, 0.25) is 0 Å². The number of amides is 1. The molecule has 1 aromatic carbocycles.